The van der Waals surface area contributed by atoms with Crippen LogP contribution in [-0.4, -0.2) is 17.0 Å². The quantitative estimate of drug-likeness (QED) is 0.666. The van der Waals surface area contributed by atoms with Crippen LogP contribution in [0, 0.1) is 11.3 Å². The van der Waals surface area contributed by atoms with Gasteiger partial charge in [0.1, 0.15) is 0 Å². The number of carboxylic acids is 1. The minimum absolute atomic E-state index is 0.118. The summed E-state index contributed by atoms with van der Waals surface area (Å²) in [6, 6.07) is 0. The Balaban J connectivity index is 2.56. The van der Waals surface area contributed by atoms with Gasteiger partial charge in [-0.3, -0.25) is 9.59 Å². The zero-order valence-corrected chi connectivity index (χ0v) is 7.75. The third kappa shape index (κ3) is 1.99. The number of carbonyl (C=O) groups excluding carboxylic acids is 1. The molecule has 1 rings (SSSR count). The smallest absolute Gasteiger partial charge is 0.309 e. The van der Waals surface area contributed by atoms with Crippen LogP contribution in [0.3, 0.4) is 0 Å². The number of hydrogen-bond acceptors (Lipinski definition) is 2. The number of carbonyl (C=O) groups is 2. The van der Waals surface area contributed by atoms with Gasteiger partial charge in [0.2, 0.25) is 5.91 Å². The first kappa shape index (κ1) is 10.0. The number of amides is 1. The van der Waals surface area contributed by atoms with Crippen molar-refractivity contribution in [3.05, 3.63) is 0 Å². The van der Waals surface area contributed by atoms with Crippen molar-refractivity contribution in [3.63, 3.8) is 0 Å². The zero-order valence-electron chi connectivity index (χ0n) is 7.75. The van der Waals surface area contributed by atoms with E-state index < -0.39 is 11.4 Å². The molecule has 1 aliphatic carbocycles. The first-order valence-corrected chi connectivity index (χ1v) is 4.48. The zero-order chi connectivity index (χ0) is 10.1. The van der Waals surface area contributed by atoms with Crippen molar-refractivity contribution < 1.29 is 14.7 Å². The Morgan fingerprint density at radius 3 is 2.15 bits per heavy atom. The summed E-state index contributed by atoms with van der Waals surface area (Å²) >= 11 is 0. The molecule has 13 heavy (non-hydrogen) atoms. The van der Waals surface area contributed by atoms with E-state index in [0.29, 0.717) is 25.7 Å². The van der Waals surface area contributed by atoms with Crippen LogP contribution in [0.1, 0.15) is 32.6 Å². The van der Waals surface area contributed by atoms with Crippen LogP contribution in [0.15, 0.2) is 0 Å². The highest BCUT2D eigenvalue weighted by Crippen LogP contribution is 2.38. The van der Waals surface area contributed by atoms with Crippen molar-refractivity contribution in [1.82, 2.24) is 0 Å². The first-order valence-electron chi connectivity index (χ1n) is 4.48. The van der Waals surface area contributed by atoms with Crippen molar-refractivity contribution in [2.45, 2.75) is 32.6 Å². The number of carboxylic acid groups (broad SMARTS) is 1. The first-order chi connectivity index (χ1) is 5.96. The third-order valence-electron chi connectivity index (χ3n) is 3.01. The molecule has 0 aromatic rings. The maximum Gasteiger partial charge on any atom is 0.309 e. The molecular formula is C9H15NO3. The van der Waals surface area contributed by atoms with Crippen molar-refractivity contribution in [2.75, 3.05) is 0 Å². The molecule has 0 spiro atoms. The second kappa shape index (κ2) is 3.36. The normalized spacial score (nSPS) is 34.1. The molecule has 74 valence electrons. The maximum absolute atomic E-state index is 10.8. The molecule has 0 aromatic carbocycles. The van der Waals surface area contributed by atoms with Gasteiger partial charge < -0.3 is 10.8 Å². The van der Waals surface area contributed by atoms with Gasteiger partial charge in [0.15, 0.2) is 0 Å². The van der Waals surface area contributed by atoms with Crippen molar-refractivity contribution in [2.24, 2.45) is 17.1 Å². The van der Waals surface area contributed by atoms with Gasteiger partial charge >= 0.3 is 5.97 Å². The maximum atomic E-state index is 10.8. The molecule has 1 amide bonds. The number of nitrogens with two attached hydrogens (primary N) is 1. The fraction of sp³-hybridized carbons (Fsp3) is 0.778. The van der Waals surface area contributed by atoms with Gasteiger partial charge in [-0.2, -0.15) is 0 Å². The minimum atomic E-state index is -0.768. The predicted octanol–water partition coefficient (Wildman–Crippen LogP) is 0.753. The molecule has 1 aliphatic rings. The molecule has 4 heteroatoms. The lowest BCUT2D eigenvalue weighted by atomic mass is 9.71. The van der Waals surface area contributed by atoms with Crippen LogP contribution < -0.4 is 5.73 Å². The third-order valence-corrected chi connectivity index (χ3v) is 3.01. The highest BCUT2D eigenvalue weighted by molar-refractivity contribution is 5.78. The van der Waals surface area contributed by atoms with Crippen LogP contribution in [0.5, 0.6) is 0 Å². The molecule has 1 saturated carbocycles. The molecule has 0 atom stereocenters. The van der Waals surface area contributed by atoms with E-state index in [-0.39, 0.29) is 11.8 Å². The number of aliphatic carboxylic acids is 1. The van der Waals surface area contributed by atoms with E-state index in [2.05, 4.69) is 0 Å². The Morgan fingerprint density at radius 2 is 1.85 bits per heavy atom. The van der Waals surface area contributed by atoms with Gasteiger partial charge in [-0.15, -0.1) is 0 Å². The fourth-order valence-corrected chi connectivity index (χ4v) is 1.75. The molecule has 0 aromatic heterocycles. The lowest BCUT2D eigenvalue weighted by Gasteiger charge is -2.32. The number of primary amides is 1. The van der Waals surface area contributed by atoms with E-state index in [0.717, 1.165) is 0 Å². The standard InChI is InChI=1S/C9H15NO3/c1-9(8(12)13)4-2-6(3-5-9)7(10)11/h6H,2-5H2,1H3,(H2,10,11)(H,12,13). The second-order valence-corrected chi connectivity index (χ2v) is 4.04. The second-order valence-electron chi connectivity index (χ2n) is 4.04. The molecule has 0 bridgehead atoms. The van der Waals surface area contributed by atoms with Crippen molar-refractivity contribution in [1.29, 1.82) is 0 Å². The Labute approximate surface area is 77.1 Å². The molecule has 0 unspecified atom stereocenters. The summed E-state index contributed by atoms with van der Waals surface area (Å²) in [6.07, 6.45) is 2.32. The average Bonchev–Trinajstić information content (AvgIpc) is 2.04. The molecular weight excluding hydrogens is 170 g/mol. The lowest BCUT2D eigenvalue weighted by molar-refractivity contribution is -0.151. The summed E-state index contributed by atoms with van der Waals surface area (Å²) in [7, 11) is 0. The summed E-state index contributed by atoms with van der Waals surface area (Å²) < 4.78 is 0. The van der Waals surface area contributed by atoms with Gasteiger partial charge in [0.05, 0.1) is 5.41 Å². The topological polar surface area (TPSA) is 80.4 Å². The summed E-state index contributed by atoms with van der Waals surface area (Å²) in [5.41, 5.74) is 4.50. The van der Waals surface area contributed by atoms with Crippen molar-refractivity contribution in [3.8, 4) is 0 Å². The largest absolute Gasteiger partial charge is 0.481 e. The molecule has 4 nitrogen and oxygen atoms in total. The van der Waals surface area contributed by atoms with E-state index in [9.17, 15) is 9.59 Å². The Kier molecular flexibility index (Phi) is 2.59. The van der Waals surface area contributed by atoms with Crippen LogP contribution in [0.2, 0.25) is 0 Å². The van der Waals surface area contributed by atoms with E-state index in [1.807, 2.05) is 0 Å². The average molecular weight is 185 g/mol. The molecule has 0 heterocycles. The Bertz CT molecular complexity index is 229. The number of hydrogen-bond donors (Lipinski definition) is 2. The molecule has 0 radical (unpaired) electrons. The Morgan fingerprint density at radius 1 is 1.38 bits per heavy atom. The highest BCUT2D eigenvalue weighted by atomic mass is 16.4. The van der Waals surface area contributed by atoms with Gasteiger partial charge in [-0.25, -0.2) is 0 Å². The van der Waals surface area contributed by atoms with Crippen LogP contribution in [0.4, 0.5) is 0 Å². The van der Waals surface area contributed by atoms with Gasteiger partial charge in [0.25, 0.3) is 0 Å². The van der Waals surface area contributed by atoms with Gasteiger partial charge in [-0.05, 0) is 32.6 Å². The van der Waals surface area contributed by atoms with Crippen molar-refractivity contribution >= 4 is 11.9 Å². The van der Waals surface area contributed by atoms with E-state index in [1.165, 1.54) is 0 Å². The van der Waals surface area contributed by atoms with E-state index in [1.54, 1.807) is 6.92 Å². The molecule has 1 fully saturated rings. The molecule has 3 N–H and O–H groups in total. The summed E-state index contributed by atoms with van der Waals surface area (Å²) in [5.74, 6) is -1.18. The molecule has 0 aliphatic heterocycles. The summed E-state index contributed by atoms with van der Waals surface area (Å²) in [6.45, 7) is 1.73. The number of rotatable bonds is 2. The lowest BCUT2D eigenvalue weighted by Crippen LogP contribution is -2.36. The van der Waals surface area contributed by atoms with Crippen LogP contribution in [0.25, 0.3) is 0 Å². The molecule has 0 saturated heterocycles. The monoisotopic (exact) mass is 185 g/mol. The fourth-order valence-electron chi connectivity index (χ4n) is 1.75. The summed E-state index contributed by atoms with van der Waals surface area (Å²) in [4.78, 5) is 21.6. The SMILES string of the molecule is CC1(C(=O)O)CCC(C(N)=O)CC1. The Hall–Kier alpha value is -1.06. The highest BCUT2D eigenvalue weighted by Gasteiger charge is 2.38. The minimum Gasteiger partial charge on any atom is -0.481 e. The van der Waals surface area contributed by atoms with Gasteiger partial charge in [0, 0.05) is 5.92 Å². The van der Waals surface area contributed by atoms with Crippen LogP contribution in [-0.2, 0) is 9.59 Å². The van der Waals surface area contributed by atoms with E-state index >= 15 is 0 Å². The van der Waals surface area contributed by atoms with Crippen LogP contribution >= 0.6 is 0 Å². The summed E-state index contributed by atoms with van der Waals surface area (Å²) in [5, 5.41) is 8.91. The predicted molar refractivity (Wildman–Crippen MR) is 46.9 cm³/mol. The van der Waals surface area contributed by atoms with Gasteiger partial charge in [-0.1, -0.05) is 0 Å². The van der Waals surface area contributed by atoms with E-state index in [4.69, 9.17) is 10.8 Å².